The summed E-state index contributed by atoms with van der Waals surface area (Å²) in [5, 5.41) is 6.70. The van der Waals surface area contributed by atoms with Gasteiger partial charge in [0, 0.05) is 55.9 Å². The molecular formula is C19H29N7S. The maximum atomic E-state index is 4.83. The molecule has 0 amide bonds. The number of guanidine groups is 1. The summed E-state index contributed by atoms with van der Waals surface area (Å²) < 4.78 is 0. The Bertz CT molecular complexity index is 743. The molecule has 0 atom stereocenters. The summed E-state index contributed by atoms with van der Waals surface area (Å²) in [7, 11) is 0. The van der Waals surface area contributed by atoms with Gasteiger partial charge in [0.1, 0.15) is 0 Å². The molecule has 0 spiro atoms. The van der Waals surface area contributed by atoms with E-state index < -0.39 is 0 Å². The van der Waals surface area contributed by atoms with Crippen molar-refractivity contribution in [3.63, 3.8) is 0 Å². The van der Waals surface area contributed by atoms with Crippen molar-refractivity contribution in [1.29, 1.82) is 0 Å². The van der Waals surface area contributed by atoms with Crippen molar-refractivity contribution in [1.82, 2.24) is 25.2 Å². The van der Waals surface area contributed by atoms with Gasteiger partial charge in [-0.15, -0.1) is 11.3 Å². The Morgan fingerprint density at radius 3 is 2.48 bits per heavy atom. The first-order chi connectivity index (χ1) is 13.0. The van der Waals surface area contributed by atoms with Gasteiger partial charge in [-0.05, 0) is 13.0 Å². The highest BCUT2D eigenvalue weighted by atomic mass is 32.1. The van der Waals surface area contributed by atoms with Crippen LogP contribution >= 0.6 is 11.3 Å². The number of aromatic nitrogens is 3. The normalized spacial score (nSPS) is 15.9. The fourth-order valence-corrected chi connectivity index (χ4v) is 3.78. The first-order valence-corrected chi connectivity index (χ1v) is 10.4. The zero-order valence-corrected chi connectivity index (χ0v) is 17.5. The van der Waals surface area contributed by atoms with E-state index in [0.29, 0.717) is 6.54 Å². The lowest BCUT2D eigenvalue weighted by molar-refractivity contribution is 0.370. The number of piperazine rings is 1. The molecule has 2 aromatic rings. The molecule has 2 aromatic heterocycles. The van der Waals surface area contributed by atoms with Gasteiger partial charge in [0.2, 0.25) is 5.95 Å². The minimum absolute atomic E-state index is 0.0902. The van der Waals surface area contributed by atoms with E-state index in [0.717, 1.165) is 55.3 Å². The Labute approximate surface area is 165 Å². The highest BCUT2D eigenvalue weighted by Gasteiger charge is 2.21. The van der Waals surface area contributed by atoms with Gasteiger partial charge < -0.3 is 15.1 Å². The molecule has 7 nitrogen and oxygen atoms in total. The zero-order chi connectivity index (χ0) is 19.3. The van der Waals surface area contributed by atoms with Crippen LogP contribution in [0.1, 0.15) is 38.4 Å². The van der Waals surface area contributed by atoms with Crippen molar-refractivity contribution >= 4 is 23.2 Å². The first kappa shape index (κ1) is 19.5. The average Bonchev–Trinajstić information content (AvgIpc) is 3.16. The lowest BCUT2D eigenvalue weighted by atomic mass is 9.98. The van der Waals surface area contributed by atoms with Gasteiger partial charge >= 0.3 is 0 Å². The smallest absolute Gasteiger partial charge is 0.225 e. The van der Waals surface area contributed by atoms with Crippen molar-refractivity contribution in [3.8, 4) is 0 Å². The van der Waals surface area contributed by atoms with Crippen LogP contribution in [0.4, 0.5) is 5.95 Å². The number of rotatable bonds is 4. The number of anilines is 1. The minimum atomic E-state index is 0.0902. The molecule has 0 aromatic carbocycles. The van der Waals surface area contributed by atoms with E-state index in [4.69, 9.17) is 9.98 Å². The van der Waals surface area contributed by atoms with Crippen LogP contribution in [-0.2, 0) is 12.0 Å². The van der Waals surface area contributed by atoms with Crippen LogP contribution in [0.2, 0.25) is 0 Å². The molecule has 0 bridgehead atoms. The van der Waals surface area contributed by atoms with Crippen LogP contribution in [0.25, 0.3) is 0 Å². The van der Waals surface area contributed by atoms with Crippen molar-refractivity contribution in [2.75, 3.05) is 37.6 Å². The third kappa shape index (κ3) is 5.15. The largest absolute Gasteiger partial charge is 0.357 e. The number of hydrogen-bond donors (Lipinski definition) is 1. The van der Waals surface area contributed by atoms with E-state index in [2.05, 4.69) is 58.2 Å². The minimum Gasteiger partial charge on any atom is -0.357 e. The van der Waals surface area contributed by atoms with E-state index in [-0.39, 0.29) is 5.41 Å². The van der Waals surface area contributed by atoms with Gasteiger partial charge in [0.05, 0.1) is 17.2 Å². The molecule has 3 heterocycles. The van der Waals surface area contributed by atoms with Crippen molar-refractivity contribution < 1.29 is 0 Å². The summed E-state index contributed by atoms with van der Waals surface area (Å²) >= 11 is 1.72. The van der Waals surface area contributed by atoms with Crippen LogP contribution < -0.4 is 10.2 Å². The van der Waals surface area contributed by atoms with Gasteiger partial charge in [-0.25, -0.2) is 19.9 Å². The maximum absolute atomic E-state index is 4.83. The molecule has 0 unspecified atom stereocenters. The quantitative estimate of drug-likeness (QED) is 0.642. The first-order valence-electron chi connectivity index (χ1n) is 9.47. The van der Waals surface area contributed by atoms with Crippen molar-refractivity contribution in [2.24, 2.45) is 4.99 Å². The summed E-state index contributed by atoms with van der Waals surface area (Å²) in [6.07, 6.45) is 3.58. The number of nitrogens with one attached hydrogen (secondary N) is 1. The van der Waals surface area contributed by atoms with Gasteiger partial charge in [-0.2, -0.15) is 0 Å². The van der Waals surface area contributed by atoms with Crippen LogP contribution in [0, 0.1) is 0 Å². The summed E-state index contributed by atoms with van der Waals surface area (Å²) in [6, 6.07) is 1.85. The average molecular weight is 388 g/mol. The number of thiazole rings is 1. The molecule has 0 saturated carbocycles. The summed E-state index contributed by atoms with van der Waals surface area (Å²) in [6.45, 7) is 13.7. The molecule has 27 heavy (non-hydrogen) atoms. The van der Waals surface area contributed by atoms with E-state index in [1.165, 1.54) is 0 Å². The Morgan fingerprint density at radius 1 is 1.19 bits per heavy atom. The van der Waals surface area contributed by atoms with Gasteiger partial charge in [0.25, 0.3) is 0 Å². The topological polar surface area (TPSA) is 69.5 Å². The van der Waals surface area contributed by atoms with Gasteiger partial charge in [-0.1, -0.05) is 20.8 Å². The monoisotopic (exact) mass is 387 g/mol. The van der Waals surface area contributed by atoms with Crippen LogP contribution in [0.5, 0.6) is 0 Å². The second kappa shape index (κ2) is 8.65. The Hall–Kier alpha value is -2.22. The summed E-state index contributed by atoms with van der Waals surface area (Å²) in [5.41, 5.74) is 1.13. The highest BCUT2D eigenvalue weighted by Crippen LogP contribution is 2.25. The molecule has 8 heteroatoms. The van der Waals surface area contributed by atoms with Crippen molar-refractivity contribution in [2.45, 2.75) is 39.7 Å². The zero-order valence-electron chi connectivity index (χ0n) is 16.6. The Morgan fingerprint density at radius 2 is 1.89 bits per heavy atom. The number of nitrogens with zero attached hydrogens (tertiary/aromatic N) is 6. The highest BCUT2D eigenvalue weighted by molar-refractivity contribution is 7.09. The lowest BCUT2D eigenvalue weighted by Gasteiger charge is -2.36. The molecular weight excluding hydrogens is 358 g/mol. The van der Waals surface area contributed by atoms with Gasteiger partial charge in [-0.3, -0.25) is 0 Å². The van der Waals surface area contributed by atoms with Crippen LogP contribution in [0.15, 0.2) is 28.8 Å². The third-order valence-electron chi connectivity index (χ3n) is 4.33. The molecule has 1 N–H and O–H groups in total. The Kier molecular flexibility index (Phi) is 6.26. The molecule has 1 aliphatic rings. The fraction of sp³-hybridized carbons (Fsp3) is 0.579. The van der Waals surface area contributed by atoms with Crippen molar-refractivity contribution in [3.05, 3.63) is 34.5 Å². The molecule has 0 radical (unpaired) electrons. The van der Waals surface area contributed by atoms with Gasteiger partial charge in [0.15, 0.2) is 5.96 Å². The maximum Gasteiger partial charge on any atom is 0.225 e. The third-order valence-corrected chi connectivity index (χ3v) is 5.65. The predicted molar refractivity (Wildman–Crippen MR) is 111 cm³/mol. The molecule has 1 saturated heterocycles. The fourth-order valence-electron chi connectivity index (χ4n) is 2.88. The van der Waals surface area contributed by atoms with E-state index in [1.807, 2.05) is 6.07 Å². The molecule has 3 rings (SSSR count). The molecule has 1 aliphatic heterocycles. The standard InChI is InChI=1S/C19H29N7S/c1-5-20-17(23-13-15-14-27-16(24-15)19(2,3)4)25-9-11-26(12-10-25)18-21-7-6-8-22-18/h6-8,14H,5,9-13H2,1-4H3,(H,20,23). The second-order valence-corrected chi connectivity index (χ2v) is 8.45. The summed E-state index contributed by atoms with van der Waals surface area (Å²) in [4.78, 5) is 22.8. The van der Waals surface area contributed by atoms with E-state index in [1.54, 1.807) is 23.7 Å². The van der Waals surface area contributed by atoms with E-state index in [9.17, 15) is 0 Å². The second-order valence-electron chi connectivity index (χ2n) is 7.59. The molecule has 0 aliphatic carbocycles. The SMILES string of the molecule is CCNC(=NCc1csc(C(C)(C)C)n1)N1CCN(c2ncccn2)CC1. The Balaban J connectivity index is 1.62. The number of hydrogen-bond acceptors (Lipinski definition) is 6. The van der Waals surface area contributed by atoms with Crippen LogP contribution in [0.3, 0.4) is 0 Å². The molecule has 1 fully saturated rings. The van der Waals surface area contributed by atoms with E-state index >= 15 is 0 Å². The summed E-state index contributed by atoms with van der Waals surface area (Å²) in [5.74, 6) is 1.76. The van der Waals surface area contributed by atoms with Crippen LogP contribution in [-0.4, -0.2) is 58.5 Å². The predicted octanol–water partition coefficient (Wildman–Crippen LogP) is 2.52. The molecule has 146 valence electrons. The lowest BCUT2D eigenvalue weighted by Crippen LogP contribution is -2.53. The number of aliphatic imine (C=N–C) groups is 1.